The highest BCUT2D eigenvalue weighted by Gasteiger charge is 2.21. The largest absolute Gasteiger partial charge is 0.497 e. The molecular weight excluding hydrogens is 298 g/mol. The molecule has 1 atom stereocenters. The molecule has 1 rings (SSSR count). The smallest absolute Gasteiger partial charge is 0.308 e. The van der Waals surface area contributed by atoms with E-state index in [4.69, 9.17) is 14.6 Å². The minimum Gasteiger partial charge on any atom is -0.497 e. The predicted octanol–water partition coefficient (Wildman–Crippen LogP) is 2.52. The molecule has 6 nitrogen and oxygen atoms in total. The Hall–Kier alpha value is -2.24. The highest BCUT2D eigenvalue weighted by molar-refractivity contribution is 5.97. The first-order valence-electron chi connectivity index (χ1n) is 7.55. The van der Waals surface area contributed by atoms with Gasteiger partial charge in [0.25, 0.3) is 5.91 Å². The zero-order chi connectivity index (χ0) is 17.6. The summed E-state index contributed by atoms with van der Waals surface area (Å²) in [6.07, 6.45) is 0. The summed E-state index contributed by atoms with van der Waals surface area (Å²) in [6.45, 7) is 6.20. The van der Waals surface area contributed by atoms with Crippen molar-refractivity contribution in [2.24, 2.45) is 11.8 Å². The van der Waals surface area contributed by atoms with Gasteiger partial charge in [-0.05, 0) is 18.1 Å². The molecule has 0 bridgehead atoms. The molecule has 0 saturated carbocycles. The second-order valence-electron chi connectivity index (χ2n) is 5.99. The molecule has 0 aliphatic carbocycles. The van der Waals surface area contributed by atoms with Crippen molar-refractivity contribution in [2.45, 2.75) is 20.8 Å². The molecule has 0 saturated heterocycles. The fourth-order valence-electron chi connectivity index (χ4n) is 1.96. The molecule has 1 unspecified atom stereocenters. The number of benzene rings is 1. The van der Waals surface area contributed by atoms with Gasteiger partial charge in [-0.3, -0.25) is 9.59 Å². The van der Waals surface area contributed by atoms with Crippen molar-refractivity contribution in [1.29, 1.82) is 0 Å². The first-order valence-corrected chi connectivity index (χ1v) is 7.55. The van der Waals surface area contributed by atoms with Gasteiger partial charge < -0.3 is 19.5 Å². The van der Waals surface area contributed by atoms with Crippen LogP contribution in [-0.4, -0.2) is 49.2 Å². The van der Waals surface area contributed by atoms with Crippen LogP contribution in [0.15, 0.2) is 18.2 Å². The van der Waals surface area contributed by atoms with Gasteiger partial charge >= 0.3 is 5.97 Å². The Morgan fingerprint density at radius 1 is 1.26 bits per heavy atom. The summed E-state index contributed by atoms with van der Waals surface area (Å²) >= 11 is 0. The normalized spacial score (nSPS) is 11.9. The predicted molar refractivity (Wildman–Crippen MR) is 87.1 cm³/mol. The van der Waals surface area contributed by atoms with Gasteiger partial charge in [-0.2, -0.15) is 0 Å². The molecule has 1 aromatic rings. The average molecular weight is 323 g/mol. The van der Waals surface area contributed by atoms with E-state index in [1.54, 1.807) is 39.3 Å². The van der Waals surface area contributed by atoms with Crippen LogP contribution in [0.1, 0.15) is 31.1 Å². The van der Waals surface area contributed by atoms with Gasteiger partial charge in [0.15, 0.2) is 0 Å². The molecule has 1 amide bonds. The molecule has 128 valence electrons. The summed E-state index contributed by atoms with van der Waals surface area (Å²) in [5.74, 6) is -0.494. The van der Waals surface area contributed by atoms with E-state index in [1.807, 2.05) is 13.8 Å². The Bertz CT molecular complexity index is 556. The van der Waals surface area contributed by atoms with Crippen molar-refractivity contribution in [1.82, 2.24) is 4.90 Å². The van der Waals surface area contributed by atoms with Crippen molar-refractivity contribution in [3.8, 4) is 11.5 Å². The lowest BCUT2D eigenvalue weighted by molar-refractivity contribution is -0.141. The molecule has 0 aromatic heterocycles. The number of nitrogens with zero attached hydrogens (tertiary/aromatic N) is 1. The quantitative estimate of drug-likeness (QED) is 0.795. The molecule has 23 heavy (non-hydrogen) atoms. The Morgan fingerprint density at radius 2 is 1.91 bits per heavy atom. The molecule has 0 radical (unpaired) electrons. The van der Waals surface area contributed by atoms with E-state index in [0.717, 1.165) is 0 Å². The highest BCUT2D eigenvalue weighted by Crippen LogP contribution is 2.26. The molecular formula is C17H25NO5. The Morgan fingerprint density at radius 3 is 2.43 bits per heavy atom. The molecule has 0 aliphatic rings. The van der Waals surface area contributed by atoms with E-state index in [0.29, 0.717) is 29.6 Å². The summed E-state index contributed by atoms with van der Waals surface area (Å²) in [5, 5.41) is 8.97. The molecule has 0 fully saturated rings. The fraction of sp³-hybridized carbons (Fsp3) is 0.529. The van der Waals surface area contributed by atoms with Gasteiger partial charge in [0.2, 0.25) is 0 Å². The maximum atomic E-state index is 12.6. The maximum Gasteiger partial charge on any atom is 0.308 e. The summed E-state index contributed by atoms with van der Waals surface area (Å²) in [7, 11) is 3.13. The van der Waals surface area contributed by atoms with E-state index in [2.05, 4.69) is 0 Å². The number of ether oxygens (including phenoxy) is 2. The minimum atomic E-state index is -0.935. The minimum absolute atomic E-state index is 0.129. The number of hydrogen-bond acceptors (Lipinski definition) is 4. The van der Waals surface area contributed by atoms with E-state index >= 15 is 0 Å². The lowest BCUT2D eigenvalue weighted by atomic mass is 10.1. The number of carbonyl (C=O) groups is 2. The summed E-state index contributed by atoms with van der Waals surface area (Å²) in [4.78, 5) is 24.9. The lowest BCUT2D eigenvalue weighted by Crippen LogP contribution is -2.34. The van der Waals surface area contributed by atoms with Crippen LogP contribution in [0.2, 0.25) is 0 Å². The standard InChI is InChI=1S/C17H25NO5/c1-11(2)10-23-15-8-13(22-5)6-7-14(15)16(19)18(4)9-12(3)17(20)21/h6-8,11-12H,9-10H2,1-5H3,(H,20,21). The van der Waals surface area contributed by atoms with Crippen molar-refractivity contribution in [3.05, 3.63) is 23.8 Å². The van der Waals surface area contributed by atoms with Gasteiger partial charge in [-0.1, -0.05) is 20.8 Å². The van der Waals surface area contributed by atoms with Crippen LogP contribution in [-0.2, 0) is 4.79 Å². The third-order valence-corrected chi connectivity index (χ3v) is 3.31. The second kappa shape index (κ2) is 8.41. The SMILES string of the molecule is COc1ccc(C(=O)N(C)CC(C)C(=O)O)c(OCC(C)C)c1. The van der Waals surface area contributed by atoms with Crippen LogP contribution in [0.25, 0.3) is 0 Å². The summed E-state index contributed by atoms with van der Waals surface area (Å²) in [5.41, 5.74) is 0.395. The van der Waals surface area contributed by atoms with E-state index in [9.17, 15) is 9.59 Å². The van der Waals surface area contributed by atoms with Crippen LogP contribution >= 0.6 is 0 Å². The van der Waals surface area contributed by atoms with Crippen LogP contribution in [0.4, 0.5) is 0 Å². The lowest BCUT2D eigenvalue weighted by Gasteiger charge is -2.21. The molecule has 6 heteroatoms. The number of rotatable bonds is 8. The number of aliphatic carboxylic acids is 1. The van der Waals surface area contributed by atoms with E-state index in [-0.39, 0.29) is 12.5 Å². The Labute approximate surface area is 137 Å². The highest BCUT2D eigenvalue weighted by atomic mass is 16.5. The third kappa shape index (κ3) is 5.47. The van der Waals surface area contributed by atoms with Gasteiger partial charge in [0, 0.05) is 19.7 Å². The monoisotopic (exact) mass is 323 g/mol. The average Bonchev–Trinajstić information content (AvgIpc) is 2.51. The van der Waals surface area contributed by atoms with Crippen LogP contribution in [0, 0.1) is 11.8 Å². The first kappa shape index (κ1) is 18.8. The molecule has 0 heterocycles. The summed E-state index contributed by atoms with van der Waals surface area (Å²) < 4.78 is 10.9. The first-order chi connectivity index (χ1) is 10.8. The zero-order valence-corrected chi connectivity index (χ0v) is 14.3. The number of carboxylic acid groups (broad SMARTS) is 1. The van der Waals surface area contributed by atoms with Gasteiger partial charge in [-0.25, -0.2) is 0 Å². The zero-order valence-electron chi connectivity index (χ0n) is 14.3. The number of hydrogen-bond donors (Lipinski definition) is 1. The number of methoxy groups -OCH3 is 1. The number of amides is 1. The van der Waals surface area contributed by atoms with Crippen molar-refractivity contribution < 1.29 is 24.2 Å². The molecule has 1 N–H and O–H groups in total. The number of carbonyl (C=O) groups excluding carboxylic acids is 1. The van der Waals surface area contributed by atoms with Crippen LogP contribution < -0.4 is 9.47 Å². The van der Waals surface area contributed by atoms with Crippen molar-refractivity contribution in [2.75, 3.05) is 27.3 Å². The van der Waals surface area contributed by atoms with Crippen molar-refractivity contribution >= 4 is 11.9 Å². The van der Waals surface area contributed by atoms with Gasteiger partial charge in [0.05, 0.1) is 25.2 Å². The van der Waals surface area contributed by atoms with E-state index in [1.165, 1.54) is 4.90 Å². The van der Waals surface area contributed by atoms with Gasteiger partial charge in [-0.15, -0.1) is 0 Å². The topological polar surface area (TPSA) is 76.1 Å². The van der Waals surface area contributed by atoms with Gasteiger partial charge in [0.1, 0.15) is 11.5 Å². The van der Waals surface area contributed by atoms with E-state index < -0.39 is 11.9 Å². The molecule has 0 spiro atoms. The van der Waals surface area contributed by atoms with Crippen LogP contribution in [0.3, 0.4) is 0 Å². The Balaban J connectivity index is 2.99. The van der Waals surface area contributed by atoms with Crippen LogP contribution in [0.5, 0.6) is 11.5 Å². The fourth-order valence-corrected chi connectivity index (χ4v) is 1.96. The maximum absolute atomic E-state index is 12.6. The number of carboxylic acids is 1. The Kier molecular flexibility index (Phi) is 6.88. The molecule has 1 aromatic carbocycles. The third-order valence-electron chi connectivity index (χ3n) is 3.31. The van der Waals surface area contributed by atoms with Crippen molar-refractivity contribution in [3.63, 3.8) is 0 Å². The summed E-state index contributed by atoms with van der Waals surface area (Å²) in [6, 6.07) is 4.99. The molecule has 0 aliphatic heterocycles. The second-order valence-corrected chi connectivity index (χ2v) is 5.99.